The second kappa shape index (κ2) is 61.5. The van der Waals surface area contributed by atoms with E-state index >= 15 is 0 Å². The number of hydrogen-bond acceptors (Lipinski definition) is 45. The Hall–Kier alpha value is -2.73. The number of carbonyl (C=O) groups excluding carboxylic acids is 3. The fourth-order valence-corrected chi connectivity index (χ4v) is 18.9. The Morgan fingerprint density at radius 1 is 0.348 bits per heavy atom. The first-order chi connectivity index (χ1) is 64.4. The molecule has 0 aromatic heterocycles. The summed E-state index contributed by atoms with van der Waals surface area (Å²) in [6.45, 7) is -3.77. The van der Waals surface area contributed by atoms with Crippen LogP contribution in [0, 0.1) is 0 Å². The second-order valence-electron chi connectivity index (χ2n) is 35.9. The standard InChI is InChI=1S/C85H157N3O45P2/c1-4-6-8-10-12-14-16-18-20-22-24-26-28-30-32-34-54(94)116-42-47(121-55(95)35-33-31-29-27-25-23-21-19-17-15-13-11-9-7-5-2)43-119-135(114,115)133-78-69(107)66(104)65(103)68(106)77(78)131-80-56(87)61(99)74(50(40-91)124-80)129-84-73(111)70(108)76(128-81-57(88-46(3)93)62(100)75(51(41-92)125-81)130-82-71(109)63(101)58(96)48(38-89)122-82)53(127-84)44-117-85-79(67(105)59(97)49(39-90)123-85)132-83-72(110)64(102)60(98)52(126-83)45-120-134(112,113)118-37-36-86/h47-53,56-85,89-92,96-111H,4-45,86-87H2,1-3H3,(H,88,93)(H,112,113)(H,114,115)/t47-,48-,49-,50-,51-,52-,53-,56-,57-,58-,59-,60-,61-,62-,63+,64+,65-,66-,67+,68+,69-,70-,71-,72+,73+,74-,75+,76-,77-,78-,79+,80-,81+,82-,83-,84-,85+/m1/s1. The maximum atomic E-state index is 14.2. The first-order valence-corrected chi connectivity index (χ1v) is 50.9. The van der Waals surface area contributed by atoms with E-state index in [4.69, 9.17) is 95.9 Å². The van der Waals surface area contributed by atoms with Crippen molar-refractivity contribution < 1.29 is 220 Å². The number of nitrogens with two attached hydrogens (primary N) is 2. The fraction of sp³-hybridized carbons (Fsp3) is 0.965. The van der Waals surface area contributed by atoms with Gasteiger partial charge in [0.2, 0.25) is 5.91 Å². The maximum Gasteiger partial charge on any atom is 0.472 e. The molecule has 0 aromatic carbocycles. The van der Waals surface area contributed by atoms with Crippen molar-refractivity contribution in [1.82, 2.24) is 5.32 Å². The molecule has 48 nitrogen and oxygen atoms in total. The van der Waals surface area contributed by atoms with Crippen molar-refractivity contribution >= 4 is 33.5 Å². The molecule has 792 valence electrons. The van der Waals surface area contributed by atoms with Crippen LogP contribution in [-0.4, -0.2) is 423 Å². The normalized spacial score (nSPS) is 37.6. The molecule has 6 saturated heterocycles. The van der Waals surface area contributed by atoms with Crippen LogP contribution in [0.1, 0.15) is 226 Å². The SMILES string of the molecule is CCCCCCCCCCCCCCCCCC(=O)OC[C@H](COP(=O)(O)O[C@@H]1[C@H](O)[C@H](O)[C@@H](O)[C@H](O)[C@H]1O[C@H]1O[C@H](CO)[C@@H](O[C@H]2O[C@H](CO[C@H]3O[C@H](CO)[C@@H](O)[C@H](O)[C@@H]3O[C@H]3O[C@H](COP(=O)(O)OCCN)[C@@H](O)[C@H](O)[C@@H]3O)[C@@H](O[C@@H]3O[C@H](CO)[C@H](O[C@H]4O[C@H](CO)[C@@H](O)[C@H](O)[C@H]4O)[C@H](O)[C@H]3NC(C)=O)[C@H](O)[C@@H]2O)[C@H](O)[C@H]1N)OC(=O)CCCCCCCCCCCCCCCCC. The predicted molar refractivity (Wildman–Crippen MR) is 464 cm³/mol. The van der Waals surface area contributed by atoms with Crippen molar-refractivity contribution in [1.29, 1.82) is 0 Å². The maximum absolute atomic E-state index is 14.2. The zero-order valence-electron chi connectivity index (χ0n) is 77.3. The minimum atomic E-state index is -5.71. The highest BCUT2D eigenvalue weighted by atomic mass is 31.2. The smallest absolute Gasteiger partial charge is 0.462 e. The number of phosphoric acid groups is 2. The van der Waals surface area contributed by atoms with Gasteiger partial charge in [0.1, 0.15) is 184 Å². The van der Waals surface area contributed by atoms with E-state index in [0.29, 0.717) is 19.3 Å². The van der Waals surface area contributed by atoms with Crippen LogP contribution >= 0.6 is 15.6 Å². The lowest BCUT2D eigenvalue weighted by molar-refractivity contribution is -0.389. The van der Waals surface area contributed by atoms with E-state index in [1.165, 1.54) is 109 Å². The third-order valence-corrected chi connectivity index (χ3v) is 27.2. The lowest BCUT2D eigenvalue weighted by Crippen LogP contribution is -2.70. The van der Waals surface area contributed by atoms with Crippen molar-refractivity contribution in [3.05, 3.63) is 0 Å². The molecule has 6 heterocycles. The van der Waals surface area contributed by atoms with Gasteiger partial charge in [0, 0.05) is 26.3 Å². The van der Waals surface area contributed by atoms with Crippen LogP contribution in [0.15, 0.2) is 0 Å². The summed E-state index contributed by atoms with van der Waals surface area (Å²) in [6.07, 6.45) is -43.1. The Labute approximate surface area is 786 Å². The van der Waals surface area contributed by atoms with Crippen molar-refractivity contribution in [2.45, 2.75) is 453 Å². The molecule has 1 saturated carbocycles. The summed E-state index contributed by atoms with van der Waals surface area (Å²) in [5.74, 6) is -2.39. The quantitative estimate of drug-likeness (QED) is 0.0159. The highest BCUT2D eigenvalue weighted by Gasteiger charge is 2.60. The van der Waals surface area contributed by atoms with E-state index in [1.807, 2.05) is 0 Å². The molecular weight excluding hydrogens is 1840 g/mol. The average molecular weight is 2000 g/mol. The van der Waals surface area contributed by atoms with Gasteiger partial charge in [-0.1, -0.05) is 194 Å². The summed E-state index contributed by atoms with van der Waals surface area (Å²) in [6, 6.07) is -4.01. The summed E-state index contributed by atoms with van der Waals surface area (Å²) >= 11 is 0. The predicted octanol–water partition coefficient (Wildman–Crippen LogP) is -3.56. The van der Waals surface area contributed by atoms with E-state index in [0.717, 1.165) is 71.1 Å². The van der Waals surface area contributed by atoms with Gasteiger partial charge in [-0.2, -0.15) is 0 Å². The van der Waals surface area contributed by atoms with Gasteiger partial charge in [0.15, 0.2) is 43.8 Å². The topological polar surface area (TPSA) is 761 Å². The van der Waals surface area contributed by atoms with E-state index < -0.39 is 320 Å². The molecule has 0 aromatic rings. The van der Waals surface area contributed by atoms with E-state index in [-0.39, 0.29) is 19.4 Å². The number of hydrogen-bond donors (Lipinski definition) is 25. The molecular formula is C85H157N3O45P2. The van der Waals surface area contributed by atoms with Crippen molar-refractivity contribution in [2.75, 3.05) is 66.0 Å². The van der Waals surface area contributed by atoms with Crippen LogP contribution in [0.5, 0.6) is 0 Å². The van der Waals surface area contributed by atoms with Crippen LogP contribution in [0.3, 0.4) is 0 Å². The van der Waals surface area contributed by atoms with Crippen LogP contribution in [-0.2, 0) is 108 Å². The zero-order valence-corrected chi connectivity index (χ0v) is 79.1. The number of phosphoric ester groups is 2. The number of aliphatic hydroxyl groups is 20. The highest BCUT2D eigenvalue weighted by molar-refractivity contribution is 7.47. The summed E-state index contributed by atoms with van der Waals surface area (Å²) in [7, 11) is -10.7. The number of ether oxygens (including phenoxy) is 14. The largest absolute Gasteiger partial charge is 0.472 e. The molecule has 7 aliphatic rings. The molecule has 2 unspecified atom stereocenters. The molecule has 27 N–H and O–H groups in total. The molecule has 0 radical (unpaired) electrons. The number of carbonyl (C=O) groups is 3. The Kier molecular flexibility index (Phi) is 54.3. The number of unbranched alkanes of at least 4 members (excludes halogenated alkanes) is 28. The van der Waals surface area contributed by atoms with Crippen molar-refractivity contribution in [3.63, 3.8) is 0 Å². The third kappa shape index (κ3) is 37.1. The van der Waals surface area contributed by atoms with Crippen molar-refractivity contribution in [2.24, 2.45) is 11.5 Å². The van der Waals surface area contributed by atoms with Gasteiger partial charge < -0.3 is 195 Å². The van der Waals surface area contributed by atoms with Crippen LogP contribution < -0.4 is 16.8 Å². The summed E-state index contributed by atoms with van der Waals surface area (Å²) in [5, 5.41) is 227. The molecule has 0 spiro atoms. The number of rotatable bonds is 64. The number of amides is 1. The molecule has 1 aliphatic carbocycles. The molecule has 7 rings (SSSR count). The molecule has 0 bridgehead atoms. The lowest BCUT2D eigenvalue weighted by atomic mass is 9.84. The van der Waals surface area contributed by atoms with Gasteiger partial charge in [-0.15, -0.1) is 0 Å². The molecule has 1 amide bonds. The van der Waals surface area contributed by atoms with Crippen LogP contribution in [0.4, 0.5) is 0 Å². The van der Waals surface area contributed by atoms with Gasteiger partial charge >= 0.3 is 27.6 Å². The molecule has 7 fully saturated rings. The zero-order chi connectivity index (χ0) is 99.2. The van der Waals surface area contributed by atoms with Gasteiger partial charge in [0.25, 0.3) is 0 Å². The van der Waals surface area contributed by atoms with E-state index in [9.17, 15) is 135 Å². The van der Waals surface area contributed by atoms with E-state index in [2.05, 4.69) is 19.2 Å². The Morgan fingerprint density at radius 3 is 1.18 bits per heavy atom. The van der Waals surface area contributed by atoms with Gasteiger partial charge in [-0.3, -0.25) is 32.5 Å². The Balaban J connectivity index is 1.08. The first-order valence-electron chi connectivity index (χ1n) is 47.9. The highest BCUT2D eigenvalue weighted by Crippen LogP contribution is 2.49. The molecule has 50 heteroatoms. The van der Waals surface area contributed by atoms with E-state index in [1.54, 1.807) is 0 Å². The summed E-state index contributed by atoms with van der Waals surface area (Å²) in [4.78, 5) is 61.3. The lowest BCUT2D eigenvalue weighted by Gasteiger charge is -2.51. The Morgan fingerprint density at radius 2 is 0.704 bits per heavy atom. The van der Waals surface area contributed by atoms with Crippen LogP contribution in [0.2, 0.25) is 0 Å². The Bertz CT molecular complexity index is 3370. The minimum Gasteiger partial charge on any atom is -0.462 e. The van der Waals surface area contributed by atoms with Gasteiger partial charge in [-0.05, 0) is 12.8 Å². The fourth-order valence-electron chi connectivity index (χ4n) is 17.2. The number of nitrogens with one attached hydrogen (secondary N) is 1. The van der Waals surface area contributed by atoms with Crippen molar-refractivity contribution in [3.8, 4) is 0 Å². The molecule has 135 heavy (non-hydrogen) atoms. The molecule has 39 atom stereocenters. The number of esters is 2. The third-order valence-electron chi connectivity index (χ3n) is 25.2. The molecule has 6 aliphatic heterocycles. The second-order valence-corrected chi connectivity index (χ2v) is 38.8. The first kappa shape index (κ1) is 119. The minimum absolute atomic E-state index is 0.00298. The average Bonchev–Trinajstić information content (AvgIpc) is 0.760. The number of aliphatic hydroxyl groups excluding tert-OH is 20. The monoisotopic (exact) mass is 2000 g/mol. The summed E-state index contributed by atoms with van der Waals surface area (Å²) in [5.41, 5.74) is 11.9. The van der Waals surface area contributed by atoms with Crippen LogP contribution in [0.25, 0.3) is 0 Å². The van der Waals surface area contributed by atoms with Gasteiger partial charge in [0.05, 0.1) is 58.9 Å². The van der Waals surface area contributed by atoms with Gasteiger partial charge in [-0.25, -0.2) is 9.13 Å². The summed E-state index contributed by atoms with van der Waals surface area (Å²) < 4.78 is 130.